The molecule has 1 heterocycles. The molecule has 3 N–H and O–H groups in total. The number of benzene rings is 1. The molecule has 2 atom stereocenters. The van der Waals surface area contributed by atoms with Crippen LogP contribution in [0.1, 0.15) is 0 Å². The zero-order chi connectivity index (χ0) is 25.1. The molecule has 0 spiro atoms. The number of methoxy groups -OCH3 is 3. The Balaban J connectivity index is 2.68. The van der Waals surface area contributed by atoms with Gasteiger partial charge >= 0.3 is 28.1 Å². The van der Waals surface area contributed by atoms with Gasteiger partial charge in [0.2, 0.25) is 0 Å². The molecule has 2 amide bonds. The topological polar surface area (TPSA) is 157 Å². The van der Waals surface area contributed by atoms with E-state index in [4.69, 9.17) is 49.3 Å². The van der Waals surface area contributed by atoms with Crippen molar-refractivity contribution in [1.82, 2.24) is 5.09 Å². The monoisotopic (exact) mass is 625 g/mol. The highest BCUT2D eigenvalue weighted by Crippen LogP contribution is 2.80. The molecule has 2 rings (SSSR count). The first kappa shape index (κ1) is 29.7. The fourth-order valence-electron chi connectivity index (χ4n) is 2.29. The first-order chi connectivity index (χ1) is 16.2. The van der Waals surface area contributed by atoms with Gasteiger partial charge in [-0.05, 0) is 35.5 Å². The van der Waals surface area contributed by atoms with Gasteiger partial charge in [-0.15, -0.1) is 9.03 Å². The van der Waals surface area contributed by atoms with Crippen LogP contribution in [0.5, 0.6) is 5.75 Å². The Morgan fingerprint density at radius 1 is 0.912 bits per heavy atom. The summed E-state index contributed by atoms with van der Waals surface area (Å²) < 4.78 is 53.3. The maximum atomic E-state index is 12.0. The number of halogens is 2. The Morgan fingerprint density at radius 2 is 1.44 bits per heavy atom. The summed E-state index contributed by atoms with van der Waals surface area (Å²) in [4.78, 5) is 12.0. The maximum absolute atomic E-state index is 12.0. The average Bonchev–Trinajstić information content (AvgIpc) is 2.75. The molecule has 0 aliphatic carbocycles. The number of nitrogens with zero attached hydrogens (tertiary/aromatic N) is 3. The Bertz CT molecular complexity index is 970. The normalized spacial score (nSPS) is 23.3. The number of primary amides is 1. The van der Waals surface area contributed by atoms with Gasteiger partial charge in [-0.1, -0.05) is 15.9 Å². The van der Waals surface area contributed by atoms with Crippen LogP contribution >= 0.6 is 49.2 Å². The van der Waals surface area contributed by atoms with E-state index in [0.717, 1.165) is 4.47 Å². The molecule has 13 nitrogen and oxygen atoms in total. The highest BCUT2D eigenvalue weighted by atomic mass is 79.9. The van der Waals surface area contributed by atoms with Crippen LogP contribution in [0.15, 0.2) is 42.3 Å². The number of nitrogens with one attached hydrogen (secondary N) is 1. The molecule has 0 bridgehead atoms. The second kappa shape index (κ2) is 14.3. The molecule has 34 heavy (non-hydrogen) atoms. The number of nitrogens with two attached hydrogens (primary N) is 1. The van der Waals surface area contributed by atoms with E-state index in [-0.39, 0.29) is 39.6 Å². The fourth-order valence-corrected chi connectivity index (χ4v) is 12.9. The van der Waals surface area contributed by atoms with Crippen molar-refractivity contribution in [3.05, 3.63) is 28.7 Å². The third-order valence-corrected chi connectivity index (χ3v) is 13.7. The van der Waals surface area contributed by atoms with E-state index in [9.17, 15) is 4.79 Å². The second-order valence-electron chi connectivity index (χ2n) is 6.28. The number of ether oxygens (including phenoxy) is 3. The van der Waals surface area contributed by atoms with E-state index < -0.39 is 28.1 Å². The molecule has 18 heteroatoms. The molecule has 0 radical (unpaired) electrons. The largest absolute Gasteiger partial charge is 0.427 e. The summed E-state index contributed by atoms with van der Waals surface area (Å²) in [5.41, 5.74) is 5.47. The molecule has 1 aromatic carbocycles. The minimum Gasteiger partial charge on any atom is -0.427 e. The van der Waals surface area contributed by atoms with Gasteiger partial charge in [0, 0.05) is 25.8 Å². The predicted octanol–water partition coefficient (Wildman–Crippen LogP) is 5.58. The van der Waals surface area contributed by atoms with Crippen LogP contribution in [0.3, 0.4) is 0 Å². The first-order valence-corrected chi connectivity index (χ1v) is 16.2. The van der Waals surface area contributed by atoms with E-state index in [1.54, 1.807) is 24.3 Å². The SMILES string of the molecule is COCCOP1(Cl)=NP(OCCOC)(OCCOC)=NP(NC(N)=O)(Oc2ccc(Br)cc2)=N1. The van der Waals surface area contributed by atoms with Crippen LogP contribution in [0.2, 0.25) is 0 Å². The summed E-state index contributed by atoms with van der Waals surface area (Å²) in [7, 11) is -2.70. The summed E-state index contributed by atoms with van der Waals surface area (Å²) in [6.45, 7) is -2.67. The van der Waals surface area contributed by atoms with Crippen molar-refractivity contribution in [2.45, 2.75) is 0 Å². The Hall–Kier alpha value is -0.490. The smallest absolute Gasteiger partial charge is 0.364 e. The minimum absolute atomic E-state index is 0.0613. The van der Waals surface area contributed by atoms with Gasteiger partial charge in [0.05, 0.1) is 39.6 Å². The van der Waals surface area contributed by atoms with E-state index in [1.165, 1.54) is 21.3 Å². The summed E-state index contributed by atoms with van der Waals surface area (Å²) in [5, 5.41) is 2.50. The molecule has 1 aromatic rings. The molecule has 0 saturated carbocycles. The number of amides is 2. The van der Waals surface area contributed by atoms with Gasteiger partial charge in [0.25, 0.3) is 0 Å². The van der Waals surface area contributed by atoms with E-state index >= 15 is 0 Å². The molecule has 1 aliphatic rings. The van der Waals surface area contributed by atoms with E-state index in [0.29, 0.717) is 5.75 Å². The van der Waals surface area contributed by atoms with Gasteiger partial charge in [-0.25, -0.2) is 4.79 Å². The van der Waals surface area contributed by atoms with Crippen LogP contribution in [-0.2, 0) is 27.8 Å². The van der Waals surface area contributed by atoms with Crippen molar-refractivity contribution in [3.8, 4) is 5.75 Å². The van der Waals surface area contributed by atoms with Crippen molar-refractivity contribution < 1.29 is 37.1 Å². The molecular weight excluding hydrogens is 598 g/mol. The standard InChI is InChI=1S/C16H28BrClN5O8P3/c1-25-8-11-28-32(18)21-33(20-16(19)24,31-15-6-4-14(17)5-7-15)23-34(22-32,29-12-9-26-2)30-13-10-27-3/h4-7H,8-13H2,1-3H3,(H3,19,20,24). The summed E-state index contributed by atoms with van der Waals surface area (Å²) >= 11 is 10.1. The zero-order valence-electron chi connectivity index (χ0n) is 18.8. The van der Waals surface area contributed by atoms with Gasteiger partial charge < -0.3 is 38.0 Å². The van der Waals surface area contributed by atoms with Crippen molar-refractivity contribution in [1.29, 1.82) is 0 Å². The van der Waals surface area contributed by atoms with Crippen LogP contribution in [0.25, 0.3) is 0 Å². The Labute approximate surface area is 211 Å². The van der Waals surface area contributed by atoms with Crippen LogP contribution < -0.4 is 15.3 Å². The highest BCUT2D eigenvalue weighted by molar-refractivity contribution is 9.10. The second-order valence-corrected chi connectivity index (χ2v) is 14.9. The Morgan fingerprint density at radius 3 is 1.94 bits per heavy atom. The van der Waals surface area contributed by atoms with Crippen LogP contribution in [0, 0.1) is 0 Å². The molecule has 1 aliphatic heterocycles. The molecule has 0 fully saturated rings. The first-order valence-electron chi connectivity index (χ1n) is 9.74. The lowest BCUT2D eigenvalue weighted by molar-refractivity contribution is 0.118. The lowest BCUT2D eigenvalue weighted by Crippen LogP contribution is -2.28. The third-order valence-electron chi connectivity index (χ3n) is 3.63. The minimum atomic E-state index is -3.69. The number of carbonyl (C=O) groups is 1. The van der Waals surface area contributed by atoms with Crippen molar-refractivity contribution in [2.24, 2.45) is 19.3 Å². The molecule has 194 valence electrons. The van der Waals surface area contributed by atoms with Crippen molar-refractivity contribution in [3.63, 3.8) is 0 Å². The lowest BCUT2D eigenvalue weighted by Gasteiger charge is -2.31. The molecule has 0 saturated heterocycles. The maximum Gasteiger partial charge on any atom is 0.364 e. The summed E-state index contributed by atoms with van der Waals surface area (Å²) in [6, 6.07) is 5.86. The summed E-state index contributed by atoms with van der Waals surface area (Å²) in [6.07, 6.45) is 0. The number of hydrogen-bond donors (Lipinski definition) is 2. The van der Waals surface area contributed by atoms with E-state index in [2.05, 4.69) is 34.6 Å². The molecule has 2 unspecified atom stereocenters. The van der Waals surface area contributed by atoms with Crippen molar-refractivity contribution >= 4 is 55.2 Å². The predicted molar refractivity (Wildman–Crippen MR) is 135 cm³/mol. The van der Waals surface area contributed by atoms with Gasteiger partial charge in [0.15, 0.2) is 0 Å². The Kier molecular flexibility index (Phi) is 12.5. The average molecular weight is 627 g/mol. The lowest BCUT2D eigenvalue weighted by atomic mass is 10.3. The van der Waals surface area contributed by atoms with Gasteiger partial charge in [0.1, 0.15) is 5.75 Å². The van der Waals surface area contributed by atoms with Gasteiger partial charge in [-0.3, -0.25) is 5.09 Å². The van der Waals surface area contributed by atoms with Crippen LogP contribution in [0.4, 0.5) is 4.79 Å². The quantitative estimate of drug-likeness (QED) is 0.189. The van der Waals surface area contributed by atoms with E-state index in [1.807, 2.05) is 0 Å². The number of carbonyl (C=O) groups excluding carboxylic acids is 1. The van der Waals surface area contributed by atoms with Crippen LogP contribution in [-0.4, -0.2) is 67.0 Å². The number of hydrogen-bond acceptors (Lipinski definition) is 11. The molecular formula is C16H28BrClN5O8P3. The molecule has 0 aromatic heterocycles. The highest BCUT2D eigenvalue weighted by Gasteiger charge is 2.42. The fraction of sp³-hybridized carbons (Fsp3) is 0.562. The van der Waals surface area contributed by atoms with Gasteiger partial charge in [-0.2, -0.15) is 4.52 Å². The number of rotatable bonds is 15. The third kappa shape index (κ3) is 9.52. The zero-order valence-corrected chi connectivity index (χ0v) is 23.9. The van der Waals surface area contributed by atoms with Crippen molar-refractivity contribution in [2.75, 3.05) is 61.0 Å². The summed E-state index contributed by atoms with van der Waals surface area (Å²) in [5.74, 6) is 0.340. The number of urea groups is 1.